The number of hydrogen-bond acceptors (Lipinski definition) is 7. The molecule has 0 bridgehead atoms. The molecule has 0 aliphatic carbocycles. The Hall–Kier alpha value is -2.36. The quantitative estimate of drug-likeness (QED) is 0.562. The summed E-state index contributed by atoms with van der Waals surface area (Å²) in [6.07, 6.45) is 5.41. The molecular weight excluding hydrogens is 417 g/mol. The summed E-state index contributed by atoms with van der Waals surface area (Å²) in [7, 11) is -1.76. The third kappa shape index (κ3) is 7.05. The van der Waals surface area contributed by atoms with E-state index < -0.39 is 7.32 Å². The van der Waals surface area contributed by atoms with Gasteiger partial charge in [0.25, 0.3) is 0 Å². The van der Waals surface area contributed by atoms with Gasteiger partial charge in [-0.3, -0.25) is 4.98 Å². The van der Waals surface area contributed by atoms with Gasteiger partial charge >= 0.3 is 13.3 Å². The minimum Gasteiger partial charge on any atom is -0.512 e. The Labute approximate surface area is 165 Å². The normalized spacial score (nSPS) is 12.2. The molecule has 1 aliphatic heterocycles. The topological polar surface area (TPSA) is 98.1 Å². The van der Waals surface area contributed by atoms with Crippen LogP contribution in [0.25, 0.3) is 6.08 Å². The Kier molecular flexibility index (Phi) is 8.31. The average Bonchev–Trinajstić information content (AvgIpc) is 2.85. The predicted octanol–water partition coefficient (Wildman–Crippen LogP) is 2.61. The average molecular weight is 436 g/mol. The van der Waals surface area contributed by atoms with Crippen molar-refractivity contribution in [3.8, 4) is 11.5 Å². The van der Waals surface area contributed by atoms with Gasteiger partial charge in [0.1, 0.15) is 11.5 Å². The van der Waals surface area contributed by atoms with Crippen LogP contribution in [0, 0.1) is 0 Å². The summed E-state index contributed by atoms with van der Waals surface area (Å²) in [5.41, 5.74) is 1.56. The second kappa shape index (κ2) is 10.7. The second-order valence-electron chi connectivity index (χ2n) is 5.30. The highest BCUT2D eigenvalue weighted by atomic mass is 79.9. The molecule has 0 saturated carbocycles. The molecule has 0 radical (unpaired) electrons. The zero-order valence-electron chi connectivity index (χ0n) is 14.7. The molecule has 3 rings (SSSR count). The number of carbonyl (C=O) groups is 1. The fourth-order valence-electron chi connectivity index (χ4n) is 2.22. The number of fused-ring (bicyclic) bond motifs is 1. The highest BCUT2D eigenvalue weighted by molar-refractivity contribution is 9.10. The van der Waals surface area contributed by atoms with E-state index in [2.05, 4.69) is 25.6 Å². The maximum Gasteiger partial charge on any atom is 0.707 e. The van der Waals surface area contributed by atoms with E-state index in [0.717, 1.165) is 15.8 Å². The lowest BCUT2D eigenvalue weighted by Crippen LogP contribution is -2.20. The number of carbonyl (C=O) groups excluding carboxylic acids is 1. The molecule has 1 aliphatic rings. The monoisotopic (exact) mass is 435 g/mol. The van der Waals surface area contributed by atoms with Crippen LogP contribution in [0.5, 0.6) is 11.5 Å². The summed E-state index contributed by atoms with van der Waals surface area (Å²) < 4.78 is 16.0. The molecule has 0 unspecified atom stereocenters. The van der Waals surface area contributed by atoms with Gasteiger partial charge in [0.15, 0.2) is 0 Å². The molecule has 2 N–H and O–H groups in total. The molecule has 0 spiro atoms. The fraction of sp³-hybridized carbons (Fsp3) is 0.222. The lowest BCUT2D eigenvalue weighted by atomic mass is 10.1. The zero-order valence-corrected chi connectivity index (χ0v) is 16.3. The molecule has 2 aromatic rings. The van der Waals surface area contributed by atoms with Crippen molar-refractivity contribution in [3.63, 3.8) is 0 Å². The van der Waals surface area contributed by atoms with E-state index in [0.29, 0.717) is 31.0 Å². The van der Waals surface area contributed by atoms with Crippen molar-refractivity contribution in [1.82, 2.24) is 4.98 Å². The molecule has 0 atom stereocenters. The molecule has 27 heavy (non-hydrogen) atoms. The molecular formula is C18H19BBrNO6. The Bertz CT molecular complexity index is 785. The summed E-state index contributed by atoms with van der Waals surface area (Å²) >= 11 is 3.40. The Morgan fingerprint density at radius 2 is 2.04 bits per heavy atom. The molecule has 1 aromatic heterocycles. The van der Waals surface area contributed by atoms with Gasteiger partial charge < -0.3 is 24.2 Å². The van der Waals surface area contributed by atoms with Gasteiger partial charge in [-0.05, 0) is 43.3 Å². The van der Waals surface area contributed by atoms with Crippen LogP contribution in [-0.2, 0) is 9.53 Å². The first kappa shape index (κ1) is 21.0. The Balaban J connectivity index is 0.000000223. The van der Waals surface area contributed by atoms with Crippen LogP contribution in [-0.4, -0.2) is 41.5 Å². The van der Waals surface area contributed by atoms with E-state index in [1.54, 1.807) is 6.92 Å². The molecule has 0 fully saturated rings. The van der Waals surface area contributed by atoms with E-state index in [1.165, 1.54) is 24.5 Å². The number of pyridine rings is 1. The molecule has 0 amide bonds. The van der Waals surface area contributed by atoms with E-state index in [9.17, 15) is 4.79 Å². The molecule has 142 valence electrons. The van der Waals surface area contributed by atoms with Crippen LogP contribution < -0.4 is 9.39 Å². The smallest absolute Gasteiger partial charge is 0.512 e. The third-order valence-electron chi connectivity index (χ3n) is 3.36. The van der Waals surface area contributed by atoms with Gasteiger partial charge in [-0.1, -0.05) is 15.9 Å². The standard InChI is InChI=1S/C13H13BrO3.C5H6BNO3/c1-2-16-13(15)9-5-6-17-12-4-3-11(14)8-10(12)7-9;8-6(9)10-5-1-3-7-4-2-5/h3-4,7-8H,2,5-6H2,1H3;1-4,8-9H. The molecule has 7 nitrogen and oxygen atoms in total. The van der Waals surface area contributed by atoms with Crippen LogP contribution in [0.1, 0.15) is 18.9 Å². The van der Waals surface area contributed by atoms with Crippen molar-refractivity contribution < 1.29 is 29.0 Å². The van der Waals surface area contributed by atoms with Crippen molar-refractivity contribution >= 4 is 35.3 Å². The lowest BCUT2D eigenvalue weighted by molar-refractivity contribution is -0.138. The highest BCUT2D eigenvalue weighted by Gasteiger charge is 2.16. The number of benzene rings is 1. The highest BCUT2D eigenvalue weighted by Crippen LogP contribution is 2.29. The summed E-state index contributed by atoms with van der Waals surface area (Å²) in [4.78, 5) is 15.4. The predicted molar refractivity (Wildman–Crippen MR) is 104 cm³/mol. The van der Waals surface area contributed by atoms with Gasteiger partial charge in [-0.15, -0.1) is 0 Å². The summed E-state index contributed by atoms with van der Waals surface area (Å²) in [6, 6.07) is 8.80. The molecule has 2 heterocycles. The van der Waals surface area contributed by atoms with Crippen LogP contribution >= 0.6 is 15.9 Å². The van der Waals surface area contributed by atoms with Gasteiger partial charge in [0.05, 0.1) is 13.2 Å². The van der Waals surface area contributed by atoms with Gasteiger partial charge in [-0.25, -0.2) is 4.79 Å². The van der Waals surface area contributed by atoms with Crippen LogP contribution in [0.2, 0.25) is 0 Å². The SMILES string of the molecule is CCOC(=O)C1=Cc2cc(Br)ccc2OCC1.OB(O)Oc1ccncc1. The minimum absolute atomic E-state index is 0.260. The number of ether oxygens (including phenoxy) is 2. The number of esters is 1. The number of nitrogens with zero attached hydrogens (tertiary/aromatic N) is 1. The number of hydrogen-bond donors (Lipinski definition) is 2. The van der Waals surface area contributed by atoms with Crippen molar-refractivity contribution in [2.75, 3.05) is 13.2 Å². The summed E-state index contributed by atoms with van der Waals surface area (Å²) in [5, 5.41) is 16.6. The first-order valence-corrected chi connectivity index (χ1v) is 9.01. The van der Waals surface area contributed by atoms with Crippen molar-refractivity contribution in [3.05, 3.63) is 58.3 Å². The summed E-state index contributed by atoms with van der Waals surface area (Å²) in [5.74, 6) is 0.918. The van der Waals surface area contributed by atoms with E-state index in [-0.39, 0.29) is 5.97 Å². The van der Waals surface area contributed by atoms with Crippen LogP contribution in [0.3, 0.4) is 0 Å². The van der Waals surface area contributed by atoms with Crippen LogP contribution in [0.4, 0.5) is 0 Å². The number of rotatable bonds is 4. The zero-order chi connectivity index (χ0) is 19.6. The van der Waals surface area contributed by atoms with Gasteiger partial charge in [0.2, 0.25) is 0 Å². The van der Waals surface area contributed by atoms with Crippen LogP contribution in [0.15, 0.2) is 52.8 Å². The minimum atomic E-state index is -1.76. The van der Waals surface area contributed by atoms with Crippen molar-refractivity contribution in [2.24, 2.45) is 0 Å². The Morgan fingerprint density at radius 1 is 1.30 bits per heavy atom. The Morgan fingerprint density at radius 3 is 2.70 bits per heavy atom. The van der Waals surface area contributed by atoms with E-state index in [1.807, 2.05) is 24.3 Å². The second-order valence-corrected chi connectivity index (χ2v) is 6.21. The first-order valence-electron chi connectivity index (χ1n) is 8.22. The lowest BCUT2D eigenvalue weighted by Gasteiger charge is -2.05. The van der Waals surface area contributed by atoms with E-state index in [4.69, 9.17) is 19.5 Å². The number of halogens is 1. The summed E-state index contributed by atoms with van der Waals surface area (Å²) in [6.45, 7) is 2.69. The van der Waals surface area contributed by atoms with E-state index >= 15 is 0 Å². The third-order valence-corrected chi connectivity index (χ3v) is 3.85. The molecule has 1 aromatic carbocycles. The maximum atomic E-state index is 11.7. The van der Waals surface area contributed by atoms with Crippen molar-refractivity contribution in [1.29, 1.82) is 0 Å². The molecule has 0 saturated heterocycles. The fourth-order valence-corrected chi connectivity index (χ4v) is 2.60. The van der Waals surface area contributed by atoms with Gasteiger partial charge in [-0.2, -0.15) is 0 Å². The van der Waals surface area contributed by atoms with Crippen molar-refractivity contribution in [2.45, 2.75) is 13.3 Å². The number of aromatic nitrogens is 1. The largest absolute Gasteiger partial charge is 0.707 e. The first-order chi connectivity index (χ1) is 13.0. The van der Waals surface area contributed by atoms with Gasteiger partial charge in [0, 0.05) is 34.4 Å². The molecule has 9 heteroatoms. The maximum absolute atomic E-state index is 11.7.